The second-order valence-corrected chi connectivity index (χ2v) is 5.49. The second-order valence-electron chi connectivity index (χ2n) is 5.05. The molecular formula is C17H16ClN3. The Morgan fingerprint density at radius 1 is 1.10 bits per heavy atom. The number of rotatable bonds is 3. The average Bonchev–Trinajstić information content (AvgIpc) is 2.47. The summed E-state index contributed by atoms with van der Waals surface area (Å²) in [5.41, 5.74) is 9.61. The Balaban J connectivity index is 1.92. The van der Waals surface area contributed by atoms with Gasteiger partial charge in [-0.3, -0.25) is 4.98 Å². The molecule has 1 heterocycles. The van der Waals surface area contributed by atoms with Crippen LogP contribution in [0.1, 0.15) is 18.5 Å². The Bertz CT molecular complexity index is 769. The van der Waals surface area contributed by atoms with Crippen LogP contribution in [-0.2, 0) is 0 Å². The van der Waals surface area contributed by atoms with Gasteiger partial charge < -0.3 is 11.1 Å². The van der Waals surface area contributed by atoms with Crippen molar-refractivity contribution in [1.82, 2.24) is 4.98 Å². The summed E-state index contributed by atoms with van der Waals surface area (Å²) in [6.45, 7) is 2.12. The lowest BCUT2D eigenvalue weighted by molar-refractivity contribution is 0.887. The van der Waals surface area contributed by atoms with E-state index in [-0.39, 0.29) is 6.04 Å². The van der Waals surface area contributed by atoms with Crippen LogP contribution in [-0.4, -0.2) is 4.98 Å². The minimum Gasteiger partial charge on any atom is -0.399 e. The van der Waals surface area contributed by atoms with Crippen molar-refractivity contribution in [2.75, 3.05) is 11.1 Å². The first-order valence-corrected chi connectivity index (χ1v) is 7.17. The SMILES string of the molecule is CC(Nc1ccnc2cc(Cl)ccc12)c1ccc(N)cc1. The summed E-state index contributed by atoms with van der Waals surface area (Å²) in [7, 11) is 0. The number of hydrogen-bond donors (Lipinski definition) is 2. The van der Waals surface area contributed by atoms with E-state index in [0.717, 1.165) is 22.3 Å². The molecule has 0 radical (unpaired) electrons. The fourth-order valence-corrected chi connectivity index (χ4v) is 2.51. The van der Waals surface area contributed by atoms with Gasteiger partial charge in [0.15, 0.2) is 0 Å². The molecule has 4 heteroatoms. The largest absolute Gasteiger partial charge is 0.399 e. The van der Waals surface area contributed by atoms with Crippen LogP contribution in [0.4, 0.5) is 11.4 Å². The zero-order valence-electron chi connectivity index (χ0n) is 11.7. The summed E-state index contributed by atoms with van der Waals surface area (Å²) >= 11 is 6.02. The molecule has 1 unspecified atom stereocenters. The van der Waals surface area contributed by atoms with Gasteiger partial charge >= 0.3 is 0 Å². The highest BCUT2D eigenvalue weighted by molar-refractivity contribution is 6.31. The topological polar surface area (TPSA) is 50.9 Å². The van der Waals surface area contributed by atoms with E-state index >= 15 is 0 Å². The highest BCUT2D eigenvalue weighted by Crippen LogP contribution is 2.27. The molecule has 3 rings (SSSR count). The molecule has 0 fully saturated rings. The molecule has 3 aromatic rings. The molecule has 0 saturated carbocycles. The van der Waals surface area contributed by atoms with E-state index in [9.17, 15) is 0 Å². The number of benzene rings is 2. The van der Waals surface area contributed by atoms with Crippen LogP contribution in [0.25, 0.3) is 10.9 Å². The number of nitrogen functional groups attached to an aromatic ring is 1. The van der Waals surface area contributed by atoms with Crippen LogP contribution in [0, 0.1) is 0 Å². The highest BCUT2D eigenvalue weighted by atomic mass is 35.5. The Labute approximate surface area is 128 Å². The van der Waals surface area contributed by atoms with Gasteiger partial charge in [-0.25, -0.2) is 0 Å². The maximum atomic E-state index is 6.02. The fraction of sp³-hybridized carbons (Fsp3) is 0.118. The van der Waals surface area contributed by atoms with Crippen molar-refractivity contribution in [2.45, 2.75) is 13.0 Å². The van der Waals surface area contributed by atoms with Gasteiger partial charge in [-0.15, -0.1) is 0 Å². The summed E-state index contributed by atoms with van der Waals surface area (Å²) in [5, 5.41) is 5.27. The monoisotopic (exact) mass is 297 g/mol. The number of nitrogens with two attached hydrogens (primary N) is 1. The first kappa shape index (κ1) is 13.7. The van der Waals surface area contributed by atoms with Crippen molar-refractivity contribution < 1.29 is 0 Å². The Hall–Kier alpha value is -2.26. The van der Waals surface area contributed by atoms with Gasteiger partial charge in [0.1, 0.15) is 0 Å². The van der Waals surface area contributed by atoms with Gasteiger partial charge in [0, 0.05) is 34.0 Å². The maximum Gasteiger partial charge on any atom is 0.0737 e. The molecule has 3 N–H and O–H groups in total. The van der Waals surface area contributed by atoms with E-state index in [1.54, 1.807) is 6.20 Å². The quantitative estimate of drug-likeness (QED) is 0.692. The number of fused-ring (bicyclic) bond motifs is 1. The highest BCUT2D eigenvalue weighted by Gasteiger charge is 2.08. The van der Waals surface area contributed by atoms with E-state index < -0.39 is 0 Å². The third-order valence-electron chi connectivity index (χ3n) is 3.51. The fourth-order valence-electron chi connectivity index (χ4n) is 2.35. The summed E-state index contributed by atoms with van der Waals surface area (Å²) in [6, 6.07) is 15.8. The minimum absolute atomic E-state index is 0.173. The second kappa shape index (κ2) is 5.62. The number of aromatic nitrogens is 1. The number of halogens is 1. The first-order valence-electron chi connectivity index (χ1n) is 6.80. The predicted octanol–water partition coefficient (Wildman–Crippen LogP) is 4.64. The average molecular weight is 298 g/mol. The third-order valence-corrected chi connectivity index (χ3v) is 3.75. The van der Waals surface area contributed by atoms with Gasteiger partial charge in [-0.2, -0.15) is 0 Å². The number of anilines is 2. The lowest BCUT2D eigenvalue weighted by atomic mass is 10.1. The van der Waals surface area contributed by atoms with E-state index in [1.165, 1.54) is 5.56 Å². The molecule has 1 atom stereocenters. The van der Waals surface area contributed by atoms with Gasteiger partial charge in [0.2, 0.25) is 0 Å². The van der Waals surface area contributed by atoms with Crippen molar-refractivity contribution in [3.05, 3.63) is 65.3 Å². The molecule has 0 aliphatic carbocycles. The normalized spacial score (nSPS) is 12.3. The van der Waals surface area contributed by atoms with Crippen LogP contribution in [0.5, 0.6) is 0 Å². The molecule has 0 aliphatic heterocycles. The van der Waals surface area contributed by atoms with Crippen LogP contribution in [0.15, 0.2) is 54.7 Å². The van der Waals surface area contributed by atoms with E-state index in [2.05, 4.69) is 17.2 Å². The zero-order valence-corrected chi connectivity index (χ0v) is 12.4. The van der Waals surface area contributed by atoms with Crippen molar-refractivity contribution >= 4 is 33.9 Å². The standard InChI is InChI=1S/C17H16ClN3/c1-11(12-2-5-14(19)6-3-12)21-16-8-9-20-17-10-13(18)4-7-15(16)17/h2-11H,19H2,1H3,(H,20,21). The molecular weight excluding hydrogens is 282 g/mol. The molecule has 0 aliphatic rings. The Morgan fingerprint density at radius 2 is 1.86 bits per heavy atom. The molecule has 106 valence electrons. The molecule has 21 heavy (non-hydrogen) atoms. The van der Waals surface area contributed by atoms with Crippen molar-refractivity contribution in [1.29, 1.82) is 0 Å². The predicted molar refractivity (Wildman–Crippen MR) is 89.6 cm³/mol. The van der Waals surface area contributed by atoms with Crippen LogP contribution in [0.3, 0.4) is 0 Å². The van der Waals surface area contributed by atoms with Crippen LogP contribution >= 0.6 is 11.6 Å². The van der Waals surface area contributed by atoms with E-state index in [4.69, 9.17) is 17.3 Å². The molecule has 0 saturated heterocycles. The lowest BCUT2D eigenvalue weighted by Gasteiger charge is -2.17. The molecule has 0 spiro atoms. The number of hydrogen-bond acceptors (Lipinski definition) is 3. The van der Waals surface area contributed by atoms with Crippen molar-refractivity contribution in [2.24, 2.45) is 0 Å². The van der Waals surface area contributed by atoms with E-state index in [0.29, 0.717) is 5.02 Å². The maximum absolute atomic E-state index is 6.02. The van der Waals surface area contributed by atoms with Crippen molar-refractivity contribution in [3.63, 3.8) is 0 Å². The molecule has 3 nitrogen and oxygen atoms in total. The first-order chi connectivity index (χ1) is 10.1. The molecule has 2 aromatic carbocycles. The number of pyridine rings is 1. The summed E-state index contributed by atoms with van der Waals surface area (Å²) in [4.78, 5) is 4.35. The molecule has 0 amide bonds. The third kappa shape index (κ3) is 2.93. The summed E-state index contributed by atoms with van der Waals surface area (Å²) < 4.78 is 0. The van der Waals surface area contributed by atoms with Gasteiger partial charge in [0.05, 0.1) is 5.52 Å². The Kier molecular flexibility index (Phi) is 3.67. The number of nitrogens with one attached hydrogen (secondary N) is 1. The molecule has 1 aromatic heterocycles. The number of nitrogens with zero attached hydrogens (tertiary/aromatic N) is 1. The van der Waals surface area contributed by atoms with Gasteiger partial charge in [-0.05, 0) is 48.9 Å². The zero-order chi connectivity index (χ0) is 14.8. The summed E-state index contributed by atoms with van der Waals surface area (Å²) in [6.07, 6.45) is 1.79. The Morgan fingerprint density at radius 3 is 2.62 bits per heavy atom. The van der Waals surface area contributed by atoms with Crippen LogP contribution in [0.2, 0.25) is 5.02 Å². The summed E-state index contributed by atoms with van der Waals surface area (Å²) in [5.74, 6) is 0. The smallest absolute Gasteiger partial charge is 0.0737 e. The lowest BCUT2D eigenvalue weighted by Crippen LogP contribution is -2.07. The van der Waals surface area contributed by atoms with Crippen molar-refractivity contribution in [3.8, 4) is 0 Å². The van der Waals surface area contributed by atoms with Gasteiger partial charge in [-0.1, -0.05) is 23.7 Å². The van der Waals surface area contributed by atoms with Gasteiger partial charge in [0.25, 0.3) is 0 Å². The molecule has 0 bridgehead atoms. The minimum atomic E-state index is 0.173. The van der Waals surface area contributed by atoms with E-state index in [1.807, 2.05) is 48.5 Å². The van der Waals surface area contributed by atoms with Crippen LogP contribution < -0.4 is 11.1 Å².